The Morgan fingerprint density at radius 3 is 1.95 bits per heavy atom. The molecule has 0 spiro atoms. The third-order valence-corrected chi connectivity index (χ3v) is 11.6. The number of rotatable bonds is 18. The first-order valence-corrected chi connectivity index (χ1v) is 20.9. The van der Waals surface area contributed by atoms with E-state index in [2.05, 4.69) is 58.7 Å². The molecule has 0 amide bonds. The molecule has 24 nitrogen and oxygen atoms in total. The number of phenolic OH excluding ortho intramolecular Hbond substituents is 1. The number of hydrogen-bond acceptors (Lipinski definition) is 26. The largest absolute Gasteiger partial charge is 1.00 e. The molecule has 63 heavy (non-hydrogen) atoms. The van der Waals surface area contributed by atoms with Crippen molar-refractivity contribution in [2.45, 2.75) is 19.6 Å². The van der Waals surface area contributed by atoms with Crippen LogP contribution in [0.1, 0.15) is 0 Å². The molecule has 0 radical (unpaired) electrons. The topological polar surface area (TPSA) is 374 Å². The maximum Gasteiger partial charge on any atom is 1.00 e. The number of fused-ring (bicyclic) bond motifs is 1. The third kappa shape index (κ3) is 16.3. The first kappa shape index (κ1) is 59.9. The van der Waals surface area contributed by atoms with Gasteiger partial charge in [-0.15, -0.1) is 24.8 Å². The van der Waals surface area contributed by atoms with E-state index in [1.807, 2.05) is 0 Å². The van der Waals surface area contributed by atoms with Crippen LogP contribution in [0, 0.1) is 12.0 Å². The van der Waals surface area contributed by atoms with E-state index in [9.17, 15) is 58.8 Å². The van der Waals surface area contributed by atoms with Crippen LogP contribution in [0.15, 0.2) is 101 Å². The Morgan fingerprint density at radius 1 is 0.746 bits per heavy atom. The molecule has 314 valence electrons. The van der Waals surface area contributed by atoms with Crippen molar-refractivity contribution in [1.29, 1.82) is 0 Å². The van der Waals surface area contributed by atoms with Gasteiger partial charge in [0.2, 0.25) is 5.95 Å². The summed E-state index contributed by atoms with van der Waals surface area (Å²) in [7, 11) is -14.9. The van der Waals surface area contributed by atoms with Crippen molar-refractivity contribution < 1.29 is 200 Å². The van der Waals surface area contributed by atoms with Crippen LogP contribution in [0.5, 0.6) is 5.75 Å². The molecule has 4 N–H and O–H groups in total. The first-order valence-electron chi connectivity index (χ1n) is 15.0. The number of hydrogen-bond donors (Lipinski definition) is 3. The van der Waals surface area contributed by atoms with Crippen molar-refractivity contribution in [3.8, 4) is 5.75 Å². The number of nitrogens with one attached hydrogen (secondary N) is 1. The van der Waals surface area contributed by atoms with Crippen LogP contribution in [-0.2, 0) is 53.0 Å². The van der Waals surface area contributed by atoms with Crippen molar-refractivity contribution in [3.63, 3.8) is 0 Å². The van der Waals surface area contributed by atoms with Crippen molar-refractivity contribution in [2.24, 2.45) is 20.5 Å². The van der Waals surface area contributed by atoms with Gasteiger partial charge in [-0.25, -0.2) is 25.3 Å². The van der Waals surface area contributed by atoms with Crippen LogP contribution in [0.3, 0.4) is 0 Å². The fourth-order valence-corrected chi connectivity index (χ4v) is 7.83. The molecule has 1 aromatic heterocycles. The van der Waals surface area contributed by atoms with Crippen LogP contribution in [-0.4, -0.2) is 61.8 Å². The predicted octanol–water partition coefficient (Wildman–Crippen LogP) is -8.60. The zero-order chi connectivity index (χ0) is 43.1. The third-order valence-electron chi connectivity index (χ3n) is 7.17. The van der Waals surface area contributed by atoms with E-state index in [0.29, 0.717) is 18.2 Å². The first-order chi connectivity index (χ1) is 27.8. The Kier molecular flexibility index (Phi) is 25.1. The van der Waals surface area contributed by atoms with Crippen LogP contribution >= 0.6 is 24.4 Å². The van der Waals surface area contributed by atoms with E-state index < -0.39 is 97.8 Å². The molecular weight excluding hydrogens is 995 g/mol. The second-order valence-corrected chi connectivity index (χ2v) is 16.9. The average Bonchev–Trinajstić information content (AvgIpc) is 3.15. The summed E-state index contributed by atoms with van der Waals surface area (Å²) in [5.41, 5.74) is 3.49. The second kappa shape index (κ2) is 26.4. The van der Waals surface area contributed by atoms with Gasteiger partial charge in [0.1, 0.15) is 48.8 Å². The number of nitrogen functional groups attached to an aromatic ring is 1. The van der Waals surface area contributed by atoms with Gasteiger partial charge in [-0.05, 0) is 54.6 Å². The van der Waals surface area contributed by atoms with Gasteiger partial charge in [0, 0.05) is 22.5 Å². The van der Waals surface area contributed by atoms with Gasteiger partial charge in [0.05, 0.1) is 49.7 Å². The Labute approximate surface area is 451 Å². The van der Waals surface area contributed by atoms with Crippen molar-refractivity contribution in [2.75, 3.05) is 23.4 Å². The molecule has 0 aliphatic heterocycles. The molecule has 0 saturated carbocycles. The standard InChI is InChI=1S/C28H22F2N8O16S5.4Na/c29-23-12-24(34-28(30)33-23)32-13-1-5-21(58(44,45)46)18(9-13)35-37-25-16-11-20(55-53-51-40)26(27(39)15(16)3-4-17(25)31)38-36-19-10-14(2-6-22(19)59(47,48)49)57(42,43)8-7-50-56-54-52-41;;;;/h1-6,9-12,39-41H,7-8,31H2,(H,32,33,34)(H,44,45,46)(H,47,48,49);;;;/q;4*+1/p-4. The molecule has 35 heteroatoms. The number of azo groups is 2. The van der Waals surface area contributed by atoms with E-state index >= 15 is 0 Å². The molecular formula is C28H18F2N8Na4O16S5. The van der Waals surface area contributed by atoms with Crippen LogP contribution in [0.25, 0.3) is 10.8 Å². The molecule has 0 aliphatic carbocycles. The van der Waals surface area contributed by atoms with E-state index in [1.54, 1.807) is 0 Å². The van der Waals surface area contributed by atoms with Crippen molar-refractivity contribution >= 4 is 105 Å². The van der Waals surface area contributed by atoms with E-state index in [4.69, 9.17) is 5.73 Å². The Bertz CT molecular complexity index is 2810. The minimum atomic E-state index is -5.34. The molecule has 0 fully saturated rings. The molecule has 5 rings (SSSR count). The maximum atomic E-state index is 13.6. The average molecular weight is 1010 g/mol. The number of anilines is 3. The van der Waals surface area contributed by atoms with Gasteiger partial charge in [-0.2, -0.15) is 23.1 Å². The monoisotopic (exact) mass is 1010 g/mol. The van der Waals surface area contributed by atoms with Crippen LogP contribution in [0.2, 0.25) is 0 Å². The van der Waals surface area contributed by atoms with Gasteiger partial charge < -0.3 is 35.8 Å². The molecule has 0 atom stereocenters. The molecule has 5 aromatic rings. The Balaban J connectivity index is 0.00000496. The number of aromatic hydroxyl groups is 1. The van der Waals surface area contributed by atoms with E-state index in [-0.39, 0.29) is 175 Å². The summed E-state index contributed by atoms with van der Waals surface area (Å²) in [6.07, 6.45) is -1.44. The van der Waals surface area contributed by atoms with Crippen molar-refractivity contribution in [3.05, 3.63) is 72.7 Å². The minimum Gasteiger partial charge on any atom is -0.744 e. The summed E-state index contributed by atoms with van der Waals surface area (Å²) < 4.78 is 138. The summed E-state index contributed by atoms with van der Waals surface area (Å²) in [5.74, 6) is -3.22. The summed E-state index contributed by atoms with van der Waals surface area (Å²) in [5, 5.41) is 55.9. The Hall–Kier alpha value is -1.13. The van der Waals surface area contributed by atoms with Gasteiger partial charge in [0.25, 0.3) is 0 Å². The second-order valence-electron chi connectivity index (χ2n) is 10.8. The van der Waals surface area contributed by atoms with Gasteiger partial charge >= 0.3 is 124 Å². The number of sulfone groups is 1. The number of nitrogens with zero attached hydrogens (tertiary/aromatic N) is 6. The predicted molar refractivity (Wildman–Crippen MR) is 188 cm³/mol. The zero-order valence-corrected chi connectivity index (χ0v) is 44.4. The normalized spacial score (nSPS) is 11.8. The number of aromatic nitrogens is 2. The summed E-state index contributed by atoms with van der Waals surface area (Å²) in [4.78, 5) is 3.31. The summed E-state index contributed by atoms with van der Waals surface area (Å²) in [6.45, 7) is -0.564. The molecule has 0 aliphatic rings. The number of nitrogens with two attached hydrogens (primary N) is 1. The fourth-order valence-electron chi connectivity index (χ4n) is 4.74. The Morgan fingerprint density at radius 2 is 1.35 bits per heavy atom. The molecule has 0 bridgehead atoms. The molecule has 4 aromatic carbocycles. The summed E-state index contributed by atoms with van der Waals surface area (Å²) in [6, 6.07) is 9.09. The fraction of sp³-hybridized carbons (Fsp3) is 0.0714. The summed E-state index contributed by atoms with van der Waals surface area (Å²) >= 11 is 0.122. The zero-order valence-electron chi connectivity index (χ0n) is 32.3. The van der Waals surface area contributed by atoms with E-state index in [1.165, 1.54) is 12.1 Å². The van der Waals surface area contributed by atoms with Crippen molar-refractivity contribution in [1.82, 2.24) is 9.97 Å². The number of phenols is 1. The quantitative estimate of drug-likeness (QED) is 0.00701. The van der Waals surface area contributed by atoms with Gasteiger partial charge in [-0.1, -0.05) is 0 Å². The number of halogens is 2. The smallest absolute Gasteiger partial charge is 0.744 e. The molecule has 0 saturated heterocycles. The SMILES string of the molecule is Nc1ccc2c(O)c(N=Nc3cc(S(=O)(=O)CCOSOO[O-])ccc3S(=O)(=O)[O-])c(SOO[O-])cc2c1N=Nc1cc(Nc2cc(F)nc(F)n2)ccc1S(=O)(=O)[O-].[Na+].[Na+].[Na+].[Na+]. The molecule has 0 unspecified atom stereocenters. The molecule has 1 heterocycles. The van der Waals surface area contributed by atoms with E-state index in [0.717, 1.165) is 30.3 Å². The van der Waals surface area contributed by atoms with Crippen LogP contribution < -0.4 is 140 Å². The maximum absolute atomic E-state index is 13.6. The van der Waals surface area contributed by atoms with Gasteiger partial charge in [-0.3, -0.25) is 14.3 Å². The van der Waals surface area contributed by atoms with Gasteiger partial charge in [0.15, 0.2) is 27.9 Å². The number of benzene rings is 4. The minimum absolute atomic E-state index is 0. The van der Waals surface area contributed by atoms with Crippen LogP contribution in [0.4, 0.5) is 48.7 Å².